The van der Waals surface area contributed by atoms with E-state index in [1.165, 1.54) is 22.3 Å². The number of rotatable bonds is 6. The molecule has 112 valence electrons. The van der Waals surface area contributed by atoms with Gasteiger partial charge in [-0.25, -0.2) is 0 Å². The minimum Gasteiger partial charge on any atom is -0.297 e. The van der Waals surface area contributed by atoms with E-state index in [-0.39, 0.29) is 5.54 Å². The molecule has 2 heteroatoms. The Labute approximate surface area is 124 Å². The average molecular weight is 275 g/mol. The number of carbonyl (C=O) groups is 1. The number of benzene rings is 1. The van der Waals surface area contributed by atoms with Crippen LogP contribution in [-0.4, -0.2) is 30.3 Å². The molecule has 0 fully saturated rings. The number of hydrogen-bond donors (Lipinski definition) is 0. The van der Waals surface area contributed by atoms with Gasteiger partial charge in [0.2, 0.25) is 0 Å². The summed E-state index contributed by atoms with van der Waals surface area (Å²) in [5.41, 5.74) is 4.60. The zero-order chi connectivity index (χ0) is 15.5. The maximum atomic E-state index is 12.9. The molecule has 0 aliphatic carbocycles. The van der Waals surface area contributed by atoms with Crippen LogP contribution in [0.3, 0.4) is 0 Å². The smallest absolute Gasteiger partial charge is 0.157 e. The quantitative estimate of drug-likeness (QED) is 0.786. The summed E-state index contributed by atoms with van der Waals surface area (Å²) >= 11 is 0. The molecule has 0 atom stereocenters. The van der Waals surface area contributed by atoms with Crippen LogP contribution in [0, 0.1) is 20.8 Å². The Kier molecular flexibility index (Phi) is 5.52. The van der Waals surface area contributed by atoms with E-state index >= 15 is 0 Å². The molecule has 0 aromatic heterocycles. The van der Waals surface area contributed by atoms with Gasteiger partial charge < -0.3 is 0 Å². The Morgan fingerprint density at radius 2 is 1.50 bits per heavy atom. The van der Waals surface area contributed by atoms with Crippen LogP contribution in [-0.2, 0) is 11.2 Å². The molecule has 0 saturated heterocycles. The molecule has 1 rings (SSSR count). The van der Waals surface area contributed by atoms with Gasteiger partial charge in [0.1, 0.15) is 0 Å². The summed E-state index contributed by atoms with van der Waals surface area (Å²) in [5, 5.41) is 0. The number of carbonyl (C=O) groups excluding carboxylic acids is 1. The zero-order valence-corrected chi connectivity index (χ0v) is 14.1. The number of hydrogen-bond acceptors (Lipinski definition) is 2. The van der Waals surface area contributed by atoms with E-state index in [4.69, 9.17) is 0 Å². The highest BCUT2D eigenvalue weighted by molar-refractivity contribution is 5.90. The average Bonchev–Trinajstić information content (AvgIpc) is 2.35. The Morgan fingerprint density at radius 3 is 1.85 bits per heavy atom. The van der Waals surface area contributed by atoms with E-state index < -0.39 is 0 Å². The van der Waals surface area contributed by atoms with Gasteiger partial charge in [0.05, 0.1) is 5.54 Å². The van der Waals surface area contributed by atoms with Crippen LogP contribution >= 0.6 is 0 Å². The van der Waals surface area contributed by atoms with Crippen LogP contribution in [0.4, 0.5) is 0 Å². The Balaban J connectivity index is 3.13. The predicted molar refractivity (Wildman–Crippen MR) is 86.4 cm³/mol. The highest BCUT2D eigenvalue weighted by Gasteiger charge is 2.36. The van der Waals surface area contributed by atoms with Gasteiger partial charge in [-0.05, 0) is 64.4 Å². The van der Waals surface area contributed by atoms with Crippen LogP contribution in [0.1, 0.15) is 48.9 Å². The molecule has 0 amide bonds. The fourth-order valence-corrected chi connectivity index (χ4v) is 3.34. The summed E-state index contributed by atoms with van der Waals surface area (Å²) in [6, 6.07) is 4.34. The normalized spacial score (nSPS) is 12.0. The van der Waals surface area contributed by atoms with Crippen LogP contribution in [0.25, 0.3) is 0 Å². The van der Waals surface area contributed by atoms with E-state index in [0.717, 1.165) is 12.8 Å². The summed E-state index contributed by atoms with van der Waals surface area (Å²) in [5.74, 6) is 0.336. The third-order valence-electron chi connectivity index (χ3n) is 4.72. The lowest BCUT2D eigenvalue weighted by Crippen LogP contribution is -2.51. The first kappa shape index (κ1) is 16.9. The molecule has 0 bridgehead atoms. The van der Waals surface area contributed by atoms with Crippen molar-refractivity contribution in [1.82, 2.24) is 4.90 Å². The van der Waals surface area contributed by atoms with Gasteiger partial charge in [-0.1, -0.05) is 31.5 Å². The lowest BCUT2D eigenvalue weighted by atomic mass is 9.82. The molecule has 0 heterocycles. The van der Waals surface area contributed by atoms with Gasteiger partial charge in [-0.3, -0.25) is 9.69 Å². The summed E-state index contributed by atoms with van der Waals surface area (Å²) in [4.78, 5) is 15.0. The molecule has 2 nitrogen and oxygen atoms in total. The standard InChI is InChI=1S/C18H29NO/c1-8-18(9-2,19(6)7)17(20)12-16-14(4)10-13(3)11-15(16)5/h10-11H,8-9,12H2,1-7H3. The van der Waals surface area contributed by atoms with Crippen molar-refractivity contribution >= 4 is 5.78 Å². The fourth-order valence-electron chi connectivity index (χ4n) is 3.34. The lowest BCUT2D eigenvalue weighted by molar-refractivity contribution is -0.129. The van der Waals surface area contributed by atoms with E-state index in [2.05, 4.69) is 51.7 Å². The summed E-state index contributed by atoms with van der Waals surface area (Å²) in [6.07, 6.45) is 2.26. The van der Waals surface area contributed by atoms with Gasteiger partial charge >= 0.3 is 0 Å². The molecule has 0 N–H and O–H groups in total. The van der Waals surface area contributed by atoms with E-state index in [1.54, 1.807) is 0 Å². The van der Waals surface area contributed by atoms with Gasteiger partial charge in [-0.2, -0.15) is 0 Å². The molecule has 1 aromatic carbocycles. The van der Waals surface area contributed by atoms with Gasteiger partial charge in [0, 0.05) is 6.42 Å². The topological polar surface area (TPSA) is 20.3 Å². The maximum absolute atomic E-state index is 12.9. The molecule has 1 aromatic rings. The van der Waals surface area contributed by atoms with Gasteiger partial charge in [0.15, 0.2) is 5.78 Å². The Bertz CT molecular complexity index is 461. The molecule has 0 aliphatic heterocycles. The number of Topliss-reactive ketones (excluding diaryl/α,β-unsaturated/α-hetero) is 1. The summed E-state index contributed by atoms with van der Waals surface area (Å²) in [7, 11) is 4.03. The largest absolute Gasteiger partial charge is 0.297 e. The first-order chi connectivity index (χ1) is 9.28. The van der Waals surface area contributed by atoms with Crippen molar-refractivity contribution in [2.75, 3.05) is 14.1 Å². The minimum atomic E-state index is -0.330. The van der Waals surface area contributed by atoms with Crippen molar-refractivity contribution < 1.29 is 4.79 Å². The van der Waals surface area contributed by atoms with Crippen molar-refractivity contribution in [3.05, 3.63) is 34.4 Å². The predicted octanol–water partition coefficient (Wildman–Crippen LogP) is 3.84. The van der Waals surface area contributed by atoms with Crippen molar-refractivity contribution in [3.63, 3.8) is 0 Å². The van der Waals surface area contributed by atoms with Crippen LogP contribution in [0.2, 0.25) is 0 Å². The molecule has 0 unspecified atom stereocenters. The van der Waals surface area contributed by atoms with Crippen molar-refractivity contribution in [1.29, 1.82) is 0 Å². The highest BCUT2D eigenvalue weighted by Crippen LogP contribution is 2.26. The number of nitrogens with zero attached hydrogens (tertiary/aromatic N) is 1. The molecular weight excluding hydrogens is 246 g/mol. The first-order valence-corrected chi connectivity index (χ1v) is 7.56. The molecule has 0 saturated carbocycles. The first-order valence-electron chi connectivity index (χ1n) is 7.56. The number of aryl methyl sites for hydroxylation is 3. The van der Waals surface area contributed by atoms with E-state index in [1.807, 2.05) is 14.1 Å². The third-order valence-corrected chi connectivity index (χ3v) is 4.72. The Hall–Kier alpha value is -1.15. The maximum Gasteiger partial charge on any atom is 0.157 e. The van der Waals surface area contributed by atoms with Gasteiger partial charge in [0.25, 0.3) is 0 Å². The molecule has 0 spiro atoms. The van der Waals surface area contributed by atoms with Crippen molar-refractivity contribution in [2.24, 2.45) is 0 Å². The monoisotopic (exact) mass is 275 g/mol. The highest BCUT2D eigenvalue weighted by atomic mass is 16.1. The summed E-state index contributed by atoms with van der Waals surface area (Å²) in [6.45, 7) is 10.5. The Morgan fingerprint density at radius 1 is 1.05 bits per heavy atom. The second kappa shape index (κ2) is 6.53. The molecule has 20 heavy (non-hydrogen) atoms. The number of likely N-dealkylation sites (N-methyl/N-ethyl adjacent to an activating group) is 1. The lowest BCUT2D eigenvalue weighted by Gasteiger charge is -2.37. The van der Waals surface area contributed by atoms with Crippen LogP contribution in [0.5, 0.6) is 0 Å². The fraction of sp³-hybridized carbons (Fsp3) is 0.611. The van der Waals surface area contributed by atoms with Crippen LogP contribution < -0.4 is 0 Å². The van der Waals surface area contributed by atoms with E-state index in [0.29, 0.717) is 12.2 Å². The molecule has 0 aliphatic rings. The zero-order valence-electron chi connectivity index (χ0n) is 14.1. The SMILES string of the molecule is CCC(CC)(C(=O)Cc1c(C)cc(C)cc1C)N(C)C. The third kappa shape index (κ3) is 3.12. The van der Waals surface area contributed by atoms with Crippen LogP contribution in [0.15, 0.2) is 12.1 Å². The molecule has 0 radical (unpaired) electrons. The minimum absolute atomic E-state index is 0.330. The van der Waals surface area contributed by atoms with Gasteiger partial charge in [-0.15, -0.1) is 0 Å². The second-order valence-corrected chi connectivity index (χ2v) is 6.11. The van der Waals surface area contributed by atoms with Crippen molar-refractivity contribution in [2.45, 2.75) is 59.4 Å². The molecular formula is C18H29NO. The second-order valence-electron chi connectivity index (χ2n) is 6.11. The number of ketones is 1. The van der Waals surface area contributed by atoms with Crippen molar-refractivity contribution in [3.8, 4) is 0 Å². The van der Waals surface area contributed by atoms with E-state index in [9.17, 15) is 4.79 Å². The summed E-state index contributed by atoms with van der Waals surface area (Å²) < 4.78 is 0.